The monoisotopic (exact) mass is 490 g/mol. The van der Waals surface area contributed by atoms with Gasteiger partial charge in [-0.1, -0.05) is 24.3 Å². The highest BCUT2D eigenvalue weighted by Gasteiger charge is 2.39. The molecule has 0 heterocycles. The van der Waals surface area contributed by atoms with Crippen LogP contribution in [0.15, 0.2) is 48.6 Å². The zero-order valence-corrected chi connectivity index (χ0v) is 18.5. The van der Waals surface area contributed by atoms with Crippen LogP contribution in [0, 0.1) is 17.6 Å². The number of alkyl halides is 5. The molecule has 0 radical (unpaired) electrons. The minimum absolute atomic E-state index is 0.0489. The molecule has 0 unspecified atom stereocenters. The third kappa shape index (κ3) is 6.90. The molecule has 186 valence electrons. The number of hydrogen-bond donors (Lipinski definition) is 0. The first-order valence-corrected chi connectivity index (χ1v) is 11.0. The van der Waals surface area contributed by atoms with Gasteiger partial charge in [-0.15, -0.1) is 13.2 Å². The van der Waals surface area contributed by atoms with Crippen LogP contribution in [0.4, 0.5) is 30.7 Å². The van der Waals surface area contributed by atoms with Gasteiger partial charge in [-0.2, -0.15) is 8.78 Å². The third-order valence-electron chi connectivity index (χ3n) is 5.97. The molecule has 34 heavy (non-hydrogen) atoms. The lowest BCUT2D eigenvalue weighted by Crippen LogP contribution is -2.24. The van der Waals surface area contributed by atoms with E-state index < -0.39 is 35.4 Å². The Balaban J connectivity index is 1.63. The van der Waals surface area contributed by atoms with Crippen LogP contribution < -0.4 is 9.47 Å². The molecule has 2 nitrogen and oxygen atoms in total. The van der Waals surface area contributed by atoms with E-state index >= 15 is 0 Å². The number of benzene rings is 2. The molecule has 0 bridgehead atoms. The van der Waals surface area contributed by atoms with Crippen molar-refractivity contribution in [2.24, 2.45) is 5.92 Å². The van der Waals surface area contributed by atoms with Crippen molar-refractivity contribution in [1.82, 2.24) is 0 Å². The van der Waals surface area contributed by atoms with Gasteiger partial charge in [0, 0.05) is 0 Å². The molecule has 1 aliphatic rings. The molecule has 0 N–H and O–H groups in total. The maximum atomic E-state index is 14.5. The number of hydrogen-bond acceptors (Lipinski definition) is 2. The van der Waals surface area contributed by atoms with Crippen LogP contribution in [0.2, 0.25) is 0 Å². The molecule has 1 fully saturated rings. The summed E-state index contributed by atoms with van der Waals surface area (Å²) in [4.78, 5) is 0. The summed E-state index contributed by atoms with van der Waals surface area (Å²) in [5, 5.41) is 0. The molecule has 0 atom stereocenters. The van der Waals surface area contributed by atoms with E-state index in [2.05, 4.69) is 15.5 Å². The molecule has 2 aromatic carbocycles. The third-order valence-corrected chi connectivity index (χ3v) is 5.97. The molecular formula is C25H25F7O2. The summed E-state index contributed by atoms with van der Waals surface area (Å²) >= 11 is 0. The summed E-state index contributed by atoms with van der Waals surface area (Å²) < 4.78 is 101. The first-order valence-electron chi connectivity index (χ1n) is 11.0. The smallest absolute Gasteiger partial charge is 0.429 e. The first-order chi connectivity index (χ1) is 16.0. The zero-order valence-electron chi connectivity index (χ0n) is 18.5. The number of halogens is 7. The average molecular weight is 490 g/mol. The predicted molar refractivity (Wildman–Crippen MR) is 113 cm³/mol. The van der Waals surface area contributed by atoms with E-state index in [0.29, 0.717) is 11.8 Å². The Morgan fingerprint density at radius 2 is 1.47 bits per heavy atom. The van der Waals surface area contributed by atoms with E-state index in [4.69, 9.17) is 0 Å². The Labute approximate surface area is 193 Å². The summed E-state index contributed by atoms with van der Waals surface area (Å²) in [7, 11) is 0. The Morgan fingerprint density at radius 1 is 0.882 bits per heavy atom. The average Bonchev–Trinajstić information content (AvgIpc) is 2.76. The van der Waals surface area contributed by atoms with Crippen molar-refractivity contribution in [3.05, 3.63) is 71.3 Å². The largest absolute Gasteiger partial charge is 0.573 e. The SMILES string of the molecule is C/C=C/CCC1CCC(c2ccc(OC(F)(F)c3cc(F)c(OC(F)(F)F)c(F)c3)cc2)CC1. The van der Waals surface area contributed by atoms with E-state index in [-0.39, 0.29) is 17.9 Å². The second-order valence-electron chi connectivity index (χ2n) is 8.37. The van der Waals surface area contributed by atoms with E-state index in [1.54, 1.807) is 12.1 Å². The van der Waals surface area contributed by atoms with Gasteiger partial charge in [0.25, 0.3) is 0 Å². The summed E-state index contributed by atoms with van der Waals surface area (Å²) in [6.45, 7) is 2.00. The maximum Gasteiger partial charge on any atom is 0.573 e. The van der Waals surface area contributed by atoms with Crippen molar-refractivity contribution in [1.29, 1.82) is 0 Å². The molecular weight excluding hydrogens is 465 g/mol. The number of rotatable bonds is 8. The van der Waals surface area contributed by atoms with Crippen molar-refractivity contribution >= 4 is 0 Å². The molecule has 0 amide bonds. The summed E-state index contributed by atoms with van der Waals surface area (Å²) in [6, 6.07) is 6.14. The molecule has 0 saturated heterocycles. The van der Waals surface area contributed by atoms with Gasteiger partial charge >= 0.3 is 12.5 Å². The maximum absolute atomic E-state index is 14.5. The topological polar surface area (TPSA) is 18.5 Å². The quantitative estimate of drug-likeness (QED) is 0.272. The molecule has 0 spiro atoms. The summed E-state index contributed by atoms with van der Waals surface area (Å²) in [6.07, 6.45) is 1.07. The van der Waals surface area contributed by atoms with Gasteiger partial charge in [0.05, 0.1) is 5.56 Å². The number of allylic oxidation sites excluding steroid dienone is 2. The Hall–Kier alpha value is -2.71. The second kappa shape index (κ2) is 10.7. The van der Waals surface area contributed by atoms with E-state index in [9.17, 15) is 30.7 Å². The van der Waals surface area contributed by atoms with E-state index in [0.717, 1.165) is 44.1 Å². The minimum atomic E-state index is -5.38. The lowest BCUT2D eigenvalue weighted by Gasteiger charge is -2.28. The highest BCUT2D eigenvalue weighted by molar-refractivity contribution is 5.35. The Kier molecular flexibility index (Phi) is 8.15. The standard InChI is InChI=1S/C25H25F7O2/c1-2-3-4-5-16-6-8-17(9-7-16)18-10-12-20(13-11-18)33-24(28,29)19-14-21(26)23(22(27)15-19)34-25(30,31)32/h2-3,10-17H,4-9H2,1H3/b3-2+. The van der Waals surface area contributed by atoms with Crippen LogP contribution in [0.5, 0.6) is 11.5 Å². The van der Waals surface area contributed by atoms with Crippen molar-refractivity contribution < 1.29 is 40.2 Å². The molecule has 9 heteroatoms. The van der Waals surface area contributed by atoms with E-state index in [1.165, 1.54) is 12.1 Å². The molecule has 0 aliphatic heterocycles. The Bertz CT molecular complexity index is 953. The predicted octanol–water partition coefficient (Wildman–Crippen LogP) is 8.62. The van der Waals surface area contributed by atoms with Gasteiger partial charge < -0.3 is 9.47 Å². The molecule has 1 aliphatic carbocycles. The van der Waals surface area contributed by atoms with Gasteiger partial charge in [-0.3, -0.25) is 0 Å². The molecule has 3 rings (SSSR count). The van der Waals surface area contributed by atoms with Gasteiger partial charge in [-0.25, -0.2) is 8.78 Å². The minimum Gasteiger partial charge on any atom is -0.429 e. The van der Waals surface area contributed by atoms with Crippen LogP contribution in [-0.4, -0.2) is 6.36 Å². The van der Waals surface area contributed by atoms with Crippen molar-refractivity contribution in [3.8, 4) is 11.5 Å². The van der Waals surface area contributed by atoms with Crippen LogP contribution in [-0.2, 0) is 6.11 Å². The van der Waals surface area contributed by atoms with Gasteiger partial charge in [0.1, 0.15) is 5.75 Å². The van der Waals surface area contributed by atoms with Gasteiger partial charge in [0.2, 0.25) is 5.75 Å². The fourth-order valence-electron chi connectivity index (χ4n) is 4.24. The molecule has 0 aromatic heterocycles. The van der Waals surface area contributed by atoms with Crippen molar-refractivity contribution in [2.75, 3.05) is 0 Å². The normalized spacial score (nSPS) is 19.4. The highest BCUT2D eigenvalue weighted by atomic mass is 19.4. The number of ether oxygens (including phenoxy) is 2. The summed E-state index contributed by atoms with van der Waals surface area (Å²) in [5.74, 6) is -4.91. The summed E-state index contributed by atoms with van der Waals surface area (Å²) in [5.41, 5.74) is -0.286. The lowest BCUT2D eigenvalue weighted by atomic mass is 9.77. The second-order valence-corrected chi connectivity index (χ2v) is 8.37. The van der Waals surface area contributed by atoms with Crippen molar-refractivity contribution in [2.45, 2.75) is 63.8 Å². The first kappa shape index (κ1) is 25.9. The van der Waals surface area contributed by atoms with Crippen LogP contribution in [0.3, 0.4) is 0 Å². The van der Waals surface area contributed by atoms with Gasteiger partial charge in [0.15, 0.2) is 11.6 Å². The lowest BCUT2D eigenvalue weighted by molar-refractivity contribution is -0.276. The highest BCUT2D eigenvalue weighted by Crippen LogP contribution is 2.40. The Morgan fingerprint density at radius 3 is 2.00 bits per heavy atom. The van der Waals surface area contributed by atoms with Crippen LogP contribution >= 0.6 is 0 Å². The fraction of sp³-hybridized carbons (Fsp3) is 0.440. The van der Waals surface area contributed by atoms with Crippen molar-refractivity contribution in [3.63, 3.8) is 0 Å². The van der Waals surface area contributed by atoms with Gasteiger partial charge in [-0.05, 0) is 87.1 Å². The van der Waals surface area contributed by atoms with Crippen LogP contribution in [0.1, 0.15) is 62.5 Å². The molecule has 2 aromatic rings. The molecule has 1 saturated carbocycles. The van der Waals surface area contributed by atoms with E-state index in [1.807, 2.05) is 13.0 Å². The van der Waals surface area contributed by atoms with Crippen LogP contribution in [0.25, 0.3) is 0 Å². The fourth-order valence-corrected chi connectivity index (χ4v) is 4.24. The zero-order chi connectivity index (χ0) is 24.9.